The van der Waals surface area contributed by atoms with E-state index in [1.54, 1.807) is 0 Å². The van der Waals surface area contributed by atoms with Crippen molar-refractivity contribution in [1.29, 1.82) is 0 Å². The van der Waals surface area contributed by atoms with Gasteiger partial charge in [-0.3, -0.25) is 4.79 Å². The summed E-state index contributed by atoms with van der Waals surface area (Å²) in [5.74, 6) is 1.43. The van der Waals surface area contributed by atoms with Crippen LogP contribution < -0.4 is 5.32 Å². The Balaban J connectivity index is 1.83. The maximum absolute atomic E-state index is 10.9. The molecule has 2 N–H and O–H groups in total. The third-order valence-electron chi connectivity index (χ3n) is 3.19. The van der Waals surface area contributed by atoms with E-state index in [2.05, 4.69) is 28.5 Å². The lowest BCUT2D eigenvalue weighted by Crippen LogP contribution is -2.19. The van der Waals surface area contributed by atoms with Crippen LogP contribution in [0.25, 0.3) is 0 Å². The van der Waals surface area contributed by atoms with Crippen LogP contribution in [0.1, 0.15) is 51.3 Å². The fourth-order valence-electron chi connectivity index (χ4n) is 2.20. The Morgan fingerprint density at radius 1 is 1.53 bits per heavy atom. The molecule has 0 spiro atoms. The Morgan fingerprint density at radius 2 is 2.26 bits per heavy atom. The molecule has 1 heterocycles. The highest BCUT2D eigenvalue weighted by Crippen LogP contribution is 2.39. The molecular formula is C13H21N3O2S. The van der Waals surface area contributed by atoms with Crippen LogP contribution in [0.2, 0.25) is 0 Å². The normalized spacial score (nSPS) is 16.6. The van der Waals surface area contributed by atoms with Gasteiger partial charge in [-0.25, -0.2) is 4.98 Å². The highest BCUT2D eigenvalue weighted by Gasteiger charge is 2.27. The van der Waals surface area contributed by atoms with Crippen molar-refractivity contribution in [2.45, 2.75) is 45.4 Å². The first-order valence-electron chi connectivity index (χ1n) is 6.84. The molecule has 1 aromatic heterocycles. The second-order valence-electron chi connectivity index (χ2n) is 5.71. The topological polar surface area (TPSA) is 75.1 Å². The molecule has 1 aliphatic carbocycles. The summed E-state index contributed by atoms with van der Waals surface area (Å²) in [5.41, 5.74) is 0. The van der Waals surface area contributed by atoms with Gasteiger partial charge < -0.3 is 10.4 Å². The van der Waals surface area contributed by atoms with Crippen LogP contribution in [0.4, 0.5) is 5.13 Å². The van der Waals surface area contributed by atoms with Gasteiger partial charge in [0.25, 0.3) is 0 Å². The summed E-state index contributed by atoms with van der Waals surface area (Å²) in [4.78, 5) is 15.3. The van der Waals surface area contributed by atoms with Crippen molar-refractivity contribution >= 4 is 22.6 Å². The smallest absolute Gasteiger partial charge is 0.303 e. The van der Waals surface area contributed by atoms with Gasteiger partial charge in [0.1, 0.15) is 5.82 Å². The first-order chi connectivity index (χ1) is 9.04. The molecule has 1 saturated carbocycles. The van der Waals surface area contributed by atoms with Gasteiger partial charge in [0.2, 0.25) is 5.13 Å². The van der Waals surface area contributed by atoms with E-state index in [0.717, 1.165) is 17.4 Å². The minimum absolute atomic E-state index is 0.144. The molecular weight excluding hydrogens is 262 g/mol. The maximum Gasteiger partial charge on any atom is 0.303 e. The largest absolute Gasteiger partial charge is 0.481 e. The molecule has 19 heavy (non-hydrogen) atoms. The first kappa shape index (κ1) is 14.2. The van der Waals surface area contributed by atoms with E-state index in [4.69, 9.17) is 5.11 Å². The fraction of sp³-hybridized carbons (Fsp3) is 0.769. The number of carboxylic acids is 1. The molecule has 1 atom stereocenters. The third-order valence-corrected chi connectivity index (χ3v) is 3.88. The van der Waals surface area contributed by atoms with Gasteiger partial charge in [-0.15, -0.1) is 0 Å². The minimum Gasteiger partial charge on any atom is -0.481 e. The highest BCUT2D eigenvalue weighted by molar-refractivity contribution is 7.09. The van der Waals surface area contributed by atoms with E-state index >= 15 is 0 Å². The Labute approximate surface area is 117 Å². The Bertz CT molecular complexity index is 429. The lowest BCUT2D eigenvalue weighted by molar-refractivity contribution is -0.138. The van der Waals surface area contributed by atoms with E-state index in [1.807, 2.05) is 0 Å². The molecule has 2 rings (SSSR count). The van der Waals surface area contributed by atoms with E-state index in [0.29, 0.717) is 18.4 Å². The van der Waals surface area contributed by atoms with Crippen molar-refractivity contribution in [3.05, 3.63) is 5.82 Å². The summed E-state index contributed by atoms with van der Waals surface area (Å²) in [5, 5.41) is 13.0. The predicted octanol–water partition coefficient (Wildman–Crippen LogP) is 2.96. The molecule has 0 amide bonds. The molecule has 1 unspecified atom stereocenters. The third kappa shape index (κ3) is 4.78. The number of rotatable bonds is 8. The van der Waals surface area contributed by atoms with Gasteiger partial charge in [0, 0.05) is 30.4 Å². The number of carbonyl (C=O) groups is 1. The number of carboxylic acid groups (broad SMARTS) is 1. The molecule has 0 aliphatic heterocycles. The van der Waals surface area contributed by atoms with Crippen molar-refractivity contribution in [2.24, 2.45) is 11.8 Å². The summed E-state index contributed by atoms with van der Waals surface area (Å²) in [6.07, 6.45) is 3.52. The van der Waals surface area contributed by atoms with Crippen LogP contribution in [-0.4, -0.2) is 27.0 Å². The summed E-state index contributed by atoms with van der Waals surface area (Å²) in [7, 11) is 0. The van der Waals surface area contributed by atoms with Gasteiger partial charge in [-0.05, 0) is 31.1 Å². The summed E-state index contributed by atoms with van der Waals surface area (Å²) >= 11 is 1.38. The first-order valence-corrected chi connectivity index (χ1v) is 7.61. The van der Waals surface area contributed by atoms with Crippen molar-refractivity contribution in [2.75, 3.05) is 11.9 Å². The average Bonchev–Trinajstić information content (AvgIpc) is 3.04. The molecule has 0 aromatic carbocycles. The quantitative estimate of drug-likeness (QED) is 0.767. The zero-order valence-electron chi connectivity index (χ0n) is 11.4. The SMILES string of the molecule is CC(C)CC(CNc1nc(C2CC2)ns1)CC(=O)O. The van der Waals surface area contributed by atoms with Gasteiger partial charge in [-0.1, -0.05) is 13.8 Å². The van der Waals surface area contributed by atoms with E-state index in [9.17, 15) is 4.79 Å². The molecule has 0 saturated heterocycles. The standard InChI is InChI=1S/C13H21N3O2S/c1-8(2)5-9(6-11(17)18)7-14-13-15-12(16-19-13)10-3-4-10/h8-10H,3-7H2,1-2H3,(H,17,18)(H,14,15,16). The molecule has 5 nitrogen and oxygen atoms in total. The monoisotopic (exact) mass is 283 g/mol. The molecule has 0 radical (unpaired) electrons. The van der Waals surface area contributed by atoms with Gasteiger partial charge in [0.05, 0.1) is 0 Å². The maximum atomic E-state index is 10.9. The zero-order chi connectivity index (χ0) is 13.8. The Morgan fingerprint density at radius 3 is 2.84 bits per heavy atom. The molecule has 1 aliphatic rings. The van der Waals surface area contributed by atoms with E-state index < -0.39 is 5.97 Å². The highest BCUT2D eigenvalue weighted by atomic mass is 32.1. The van der Waals surface area contributed by atoms with Crippen molar-refractivity contribution in [3.63, 3.8) is 0 Å². The van der Waals surface area contributed by atoms with Crippen LogP contribution in [0.3, 0.4) is 0 Å². The second-order valence-corrected chi connectivity index (χ2v) is 6.46. The van der Waals surface area contributed by atoms with Crippen LogP contribution in [0.15, 0.2) is 0 Å². The molecule has 106 valence electrons. The lowest BCUT2D eigenvalue weighted by atomic mass is 9.94. The number of nitrogens with zero attached hydrogens (tertiary/aromatic N) is 2. The van der Waals surface area contributed by atoms with Gasteiger partial charge >= 0.3 is 5.97 Å². The fourth-order valence-corrected chi connectivity index (χ4v) is 2.85. The number of aromatic nitrogens is 2. The van der Waals surface area contributed by atoms with Crippen molar-refractivity contribution in [1.82, 2.24) is 9.36 Å². The van der Waals surface area contributed by atoms with Crippen LogP contribution >= 0.6 is 11.5 Å². The van der Waals surface area contributed by atoms with Crippen molar-refractivity contribution in [3.8, 4) is 0 Å². The Kier molecular flexibility index (Phi) is 4.74. The van der Waals surface area contributed by atoms with Crippen LogP contribution in [-0.2, 0) is 4.79 Å². The molecule has 1 aromatic rings. The number of nitrogens with one attached hydrogen (secondary N) is 1. The number of hydrogen-bond donors (Lipinski definition) is 2. The number of anilines is 1. The average molecular weight is 283 g/mol. The zero-order valence-corrected chi connectivity index (χ0v) is 12.2. The second kappa shape index (κ2) is 6.32. The minimum atomic E-state index is -0.733. The lowest BCUT2D eigenvalue weighted by Gasteiger charge is -2.17. The van der Waals surface area contributed by atoms with Crippen LogP contribution in [0, 0.1) is 11.8 Å². The summed E-state index contributed by atoms with van der Waals surface area (Å²) < 4.78 is 4.33. The van der Waals surface area contributed by atoms with Crippen LogP contribution in [0.5, 0.6) is 0 Å². The Hall–Kier alpha value is -1.17. The predicted molar refractivity (Wildman–Crippen MR) is 75.6 cm³/mol. The van der Waals surface area contributed by atoms with E-state index in [-0.39, 0.29) is 12.3 Å². The number of hydrogen-bond acceptors (Lipinski definition) is 5. The van der Waals surface area contributed by atoms with Gasteiger partial charge in [0.15, 0.2) is 0 Å². The number of aliphatic carboxylic acids is 1. The van der Waals surface area contributed by atoms with Crippen molar-refractivity contribution < 1.29 is 9.90 Å². The molecule has 1 fully saturated rings. The molecule has 0 bridgehead atoms. The molecule has 6 heteroatoms. The summed E-state index contributed by atoms with van der Waals surface area (Å²) in [6.45, 7) is 4.89. The summed E-state index contributed by atoms with van der Waals surface area (Å²) in [6, 6.07) is 0. The van der Waals surface area contributed by atoms with E-state index in [1.165, 1.54) is 24.4 Å². The van der Waals surface area contributed by atoms with Gasteiger partial charge in [-0.2, -0.15) is 4.37 Å².